The molecule has 0 bridgehead atoms. The zero-order valence-electron chi connectivity index (χ0n) is 15.5. The molecule has 1 N–H and O–H groups in total. The Morgan fingerprint density at radius 1 is 1.03 bits per heavy atom. The molecule has 0 saturated carbocycles. The fourth-order valence-electron chi connectivity index (χ4n) is 2.81. The third kappa shape index (κ3) is 4.78. The summed E-state index contributed by atoms with van der Waals surface area (Å²) in [4.78, 5) is 23.7. The Morgan fingerprint density at radius 2 is 1.83 bits per heavy atom. The maximum atomic E-state index is 11.9. The van der Waals surface area contributed by atoms with Gasteiger partial charge in [0, 0.05) is 6.08 Å². The molecule has 0 saturated heterocycles. The number of benzene rings is 2. The van der Waals surface area contributed by atoms with Crippen molar-refractivity contribution < 1.29 is 33.3 Å². The van der Waals surface area contributed by atoms with Gasteiger partial charge in [0.05, 0.1) is 6.54 Å². The largest absolute Gasteiger partial charge is 0.486 e. The van der Waals surface area contributed by atoms with E-state index < -0.39 is 11.9 Å². The van der Waals surface area contributed by atoms with E-state index in [2.05, 4.69) is 5.32 Å². The maximum absolute atomic E-state index is 11.9. The van der Waals surface area contributed by atoms with Crippen LogP contribution in [0.3, 0.4) is 0 Å². The molecule has 0 aromatic heterocycles. The summed E-state index contributed by atoms with van der Waals surface area (Å²) in [6.07, 6.45) is 2.52. The lowest BCUT2D eigenvalue weighted by Crippen LogP contribution is -2.42. The second-order valence-corrected chi connectivity index (χ2v) is 6.36. The number of amides is 1. The van der Waals surface area contributed by atoms with E-state index in [0.29, 0.717) is 29.6 Å². The highest BCUT2D eigenvalue weighted by atomic mass is 16.7. The van der Waals surface area contributed by atoms with Crippen molar-refractivity contribution >= 4 is 18.0 Å². The summed E-state index contributed by atoms with van der Waals surface area (Å²) < 4.78 is 26.8. The van der Waals surface area contributed by atoms with E-state index in [1.807, 2.05) is 18.2 Å². The molecule has 0 unspecified atom stereocenters. The lowest BCUT2D eigenvalue weighted by atomic mass is 10.2. The molecule has 2 heterocycles. The highest BCUT2D eigenvalue weighted by molar-refractivity contribution is 5.89. The summed E-state index contributed by atoms with van der Waals surface area (Å²) in [6, 6.07) is 12.6. The van der Waals surface area contributed by atoms with Crippen LogP contribution in [0.15, 0.2) is 48.5 Å². The Hall–Kier alpha value is -3.68. The van der Waals surface area contributed by atoms with Gasteiger partial charge in [-0.1, -0.05) is 18.2 Å². The molecule has 1 atom stereocenters. The van der Waals surface area contributed by atoms with Gasteiger partial charge in [0.1, 0.15) is 12.7 Å². The quantitative estimate of drug-likeness (QED) is 0.588. The van der Waals surface area contributed by atoms with E-state index >= 15 is 0 Å². The van der Waals surface area contributed by atoms with Gasteiger partial charge in [0.2, 0.25) is 6.79 Å². The molecule has 8 nitrogen and oxygen atoms in total. The number of hydrogen-bond acceptors (Lipinski definition) is 7. The fourth-order valence-corrected chi connectivity index (χ4v) is 2.81. The lowest BCUT2D eigenvalue weighted by molar-refractivity contribution is -0.143. The molecular weight excluding hydrogens is 378 g/mol. The summed E-state index contributed by atoms with van der Waals surface area (Å²) >= 11 is 0. The first kappa shape index (κ1) is 18.7. The van der Waals surface area contributed by atoms with Crippen molar-refractivity contribution in [3.05, 3.63) is 54.1 Å². The van der Waals surface area contributed by atoms with E-state index in [1.54, 1.807) is 30.3 Å². The Labute approximate surface area is 167 Å². The molecule has 150 valence electrons. The highest BCUT2D eigenvalue weighted by Gasteiger charge is 2.21. The van der Waals surface area contributed by atoms with Gasteiger partial charge in [-0.25, -0.2) is 4.79 Å². The minimum Gasteiger partial charge on any atom is -0.486 e. The molecule has 8 heteroatoms. The van der Waals surface area contributed by atoms with E-state index in [4.69, 9.17) is 23.7 Å². The standard InChI is InChI=1S/C21H19NO7/c23-20(22-10-15-11-25-16-3-1-2-4-18(16)29-15)12-26-21(24)8-6-14-5-7-17-19(9-14)28-13-27-17/h1-9,15H,10-13H2,(H,22,23)/b8-6+/t15-/m1/s1. The second-order valence-electron chi connectivity index (χ2n) is 6.36. The average Bonchev–Trinajstić information content (AvgIpc) is 3.22. The number of fused-ring (bicyclic) bond motifs is 2. The van der Waals surface area contributed by atoms with Gasteiger partial charge in [0.25, 0.3) is 5.91 Å². The number of carbonyl (C=O) groups excluding carboxylic acids is 2. The van der Waals surface area contributed by atoms with Crippen LogP contribution in [-0.4, -0.2) is 44.5 Å². The van der Waals surface area contributed by atoms with Crippen LogP contribution in [0.5, 0.6) is 23.0 Å². The van der Waals surface area contributed by atoms with Gasteiger partial charge < -0.3 is 29.0 Å². The molecule has 2 aliphatic heterocycles. The van der Waals surface area contributed by atoms with E-state index in [1.165, 1.54) is 6.08 Å². The zero-order chi connectivity index (χ0) is 20.1. The van der Waals surface area contributed by atoms with Crippen LogP contribution >= 0.6 is 0 Å². The van der Waals surface area contributed by atoms with Crippen LogP contribution in [-0.2, 0) is 14.3 Å². The molecule has 1 amide bonds. The Balaban J connectivity index is 1.18. The number of carbonyl (C=O) groups is 2. The molecule has 0 fully saturated rings. The van der Waals surface area contributed by atoms with Crippen molar-refractivity contribution in [1.29, 1.82) is 0 Å². The third-order valence-corrected chi connectivity index (χ3v) is 4.25. The van der Waals surface area contributed by atoms with Crippen LogP contribution in [0.4, 0.5) is 0 Å². The Morgan fingerprint density at radius 3 is 2.72 bits per heavy atom. The third-order valence-electron chi connectivity index (χ3n) is 4.25. The van der Waals surface area contributed by atoms with E-state index in [0.717, 1.165) is 5.56 Å². The molecule has 2 aromatic rings. The number of rotatable bonds is 6. The molecule has 0 spiro atoms. The Bertz CT molecular complexity index is 940. The summed E-state index contributed by atoms with van der Waals surface area (Å²) in [5.74, 6) is 1.56. The first-order valence-corrected chi connectivity index (χ1v) is 9.07. The summed E-state index contributed by atoms with van der Waals surface area (Å²) in [5, 5.41) is 2.66. The number of esters is 1. The molecule has 29 heavy (non-hydrogen) atoms. The summed E-state index contributed by atoms with van der Waals surface area (Å²) in [5.41, 5.74) is 0.755. The molecule has 4 rings (SSSR count). The van der Waals surface area contributed by atoms with Crippen molar-refractivity contribution in [3.63, 3.8) is 0 Å². The number of para-hydroxylation sites is 2. The SMILES string of the molecule is O=C(COC(=O)/C=C/c1ccc2c(c1)OCO2)NC[C@@H]1COc2ccccc2O1. The fraction of sp³-hybridized carbons (Fsp3) is 0.238. The van der Waals surface area contributed by atoms with Crippen LogP contribution in [0.25, 0.3) is 6.08 Å². The van der Waals surface area contributed by atoms with Crippen molar-refractivity contribution in [2.45, 2.75) is 6.10 Å². The van der Waals surface area contributed by atoms with Crippen LogP contribution in [0, 0.1) is 0 Å². The van der Waals surface area contributed by atoms with Gasteiger partial charge in [0.15, 0.2) is 29.6 Å². The summed E-state index contributed by atoms with van der Waals surface area (Å²) in [7, 11) is 0. The smallest absolute Gasteiger partial charge is 0.331 e. The first-order chi connectivity index (χ1) is 14.2. The minimum absolute atomic E-state index is 0.185. The normalized spacial score (nSPS) is 16.5. The molecule has 0 aliphatic carbocycles. The van der Waals surface area contributed by atoms with Gasteiger partial charge in [-0.3, -0.25) is 4.79 Å². The predicted molar refractivity (Wildman–Crippen MR) is 102 cm³/mol. The van der Waals surface area contributed by atoms with Gasteiger partial charge in [-0.05, 0) is 35.9 Å². The monoisotopic (exact) mass is 397 g/mol. The first-order valence-electron chi connectivity index (χ1n) is 9.07. The topological polar surface area (TPSA) is 92.3 Å². The molecule has 2 aromatic carbocycles. The Kier molecular flexibility index (Phi) is 5.51. The van der Waals surface area contributed by atoms with E-state index in [-0.39, 0.29) is 26.0 Å². The molecule has 2 aliphatic rings. The number of ether oxygens (including phenoxy) is 5. The zero-order valence-corrected chi connectivity index (χ0v) is 15.5. The van der Waals surface area contributed by atoms with Crippen molar-refractivity contribution in [2.75, 3.05) is 26.6 Å². The molecular formula is C21H19NO7. The minimum atomic E-state index is -0.621. The van der Waals surface area contributed by atoms with Gasteiger partial charge in [-0.2, -0.15) is 0 Å². The maximum Gasteiger partial charge on any atom is 0.331 e. The predicted octanol–water partition coefficient (Wildman–Crippen LogP) is 1.93. The van der Waals surface area contributed by atoms with E-state index in [9.17, 15) is 9.59 Å². The van der Waals surface area contributed by atoms with Gasteiger partial charge in [-0.15, -0.1) is 0 Å². The van der Waals surface area contributed by atoms with Crippen LogP contribution < -0.4 is 24.3 Å². The highest BCUT2D eigenvalue weighted by Crippen LogP contribution is 2.33. The number of hydrogen-bond donors (Lipinski definition) is 1. The van der Waals surface area contributed by atoms with Crippen molar-refractivity contribution in [3.8, 4) is 23.0 Å². The van der Waals surface area contributed by atoms with Crippen LogP contribution in [0.2, 0.25) is 0 Å². The van der Waals surface area contributed by atoms with Crippen molar-refractivity contribution in [1.82, 2.24) is 5.32 Å². The summed E-state index contributed by atoms with van der Waals surface area (Å²) in [6.45, 7) is 0.381. The lowest BCUT2D eigenvalue weighted by Gasteiger charge is -2.26. The molecule has 0 radical (unpaired) electrons. The average molecular weight is 397 g/mol. The van der Waals surface area contributed by atoms with Gasteiger partial charge >= 0.3 is 5.97 Å². The number of nitrogens with one attached hydrogen (secondary N) is 1. The van der Waals surface area contributed by atoms with Crippen molar-refractivity contribution in [2.24, 2.45) is 0 Å². The second kappa shape index (κ2) is 8.55. The van der Waals surface area contributed by atoms with Crippen LogP contribution in [0.1, 0.15) is 5.56 Å².